The van der Waals surface area contributed by atoms with Gasteiger partial charge in [0, 0.05) is 36.8 Å². The minimum atomic E-state index is -0.00948. The SMILES string of the molecule is CS[C@H]1CCCC[C@@H]1NC(=O)NCCCCn1ccnc1C. The number of unbranched alkanes of at least 4 members (excludes halogenated alkanes) is 1. The standard InChI is InChI=1S/C16H28N4OS/c1-13-17-10-12-20(13)11-6-5-9-18-16(21)19-14-7-3-4-8-15(14)22-2/h10,12,14-15H,3-9,11H2,1-2H3,(H2,18,19,21)/t14-,15-/m0/s1. The maximum atomic E-state index is 12.0. The summed E-state index contributed by atoms with van der Waals surface area (Å²) >= 11 is 1.88. The molecule has 124 valence electrons. The summed E-state index contributed by atoms with van der Waals surface area (Å²) in [6.07, 6.45) is 12.9. The van der Waals surface area contributed by atoms with E-state index in [1.807, 2.05) is 31.1 Å². The lowest BCUT2D eigenvalue weighted by Crippen LogP contribution is -2.48. The number of thioether (sulfide) groups is 1. The molecule has 0 aliphatic heterocycles. The van der Waals surface area contributed by atoms with Gasteiger partial charge in [0.15, 0.2) is 0 Å². The Morgan fingerprint density at radius 1 is 1.41 bits per heavy atom. The van der Waals surface area contributed by atoms with Crippen molar-refractivity contribution in [2.24, 2.45) is 0 Å². The molecule has 1 aromatic heterocycles. The Bertz CT molecular complexity index is 463. The molecule has 1 saturated carbocycles. The third-order valence-electron chi connectivity index (χ3n) is 4.36. The summed E-state index contributed by atoms with van der Waals surface area (Å²) in [5, 5.41) is 6.71. The molecule has 1 aromatic rings. The second-order valence-corrected chi connectivity index (χ2v) is 7.02. The van der Waals surface area contributed by atoms with Crippen LogP contribution in [-0.2, 0) is 6.54 Å². The Balaban J connectivity index is 1.58. The van der Waals surface area contributed by atoms with E-state index in [4.69, 9.17) is 0 Å². The zero-order valence-corrected chi connectivity index (χ0v) is 14.5. The van der Waals surface area contributed by atoms with E-state index in [1.54, 1.807) is 0 Å². The minimum absolute atomic E-state index is 0.00948. The molecule has 2 N–H and O–H groups in total. The molecule has 5 nitrogen and oxygen atoms in total. The van der Waals surface area contributed by atoms with Crippen molar-refractivity contribution in [3.05, 3.63) is 18.2 Å². The number of amides is 2. The molecule has 1 aliphatic carbocycles. The van der Waals surface area contributed by atoms with Gasteiger partial charge in [0.25, 0.3) is 0 Å². The van der Waals surface area contributed by atoms with E-state index >= 15 is 0 Å². The smallest absolute Gasteiger partial charge is 0.315 e. The summed E-state index contributed by atoms with van der Waals surface area (Å²) in [5.74, 6) is 1.05. The van der Waals surface area contributed by atoms with Crippen LogP contribution in [0.4, 0.5) is 4.79 Å². The maximum absolute atomic E-state index is 12.0. The summed E-state index contributed by atoms with van der Waals surface area (Å²) in [7, 11) is 0. The fourth-order valence-electron chi connectivity index (χ4n) is 3.01. The van der Waals surface area contributed by atoms with Gasteiger partial charge < -0.3 is 15.2 Å². The molecule has 2 rings (SSSR count). The van der Waals surface area contributed by atoms with Crippen molar-refractivity contribution in [1.29, 1.82) is 0 Å². The molecule has 1 heterocycles. The molecule has 0 radical (unpaired) electrons. The zero-order valence-electron chi connectivity index (χ0n) is 13.7. The molecule has 22 heavy (non-hydrogen) atoms. The first-order valence-corrected chi connectivity index (χ1v) is 9.54. The quantitative estimate of drug-likeness (QED) is 0.758. The first-order valence-electron chi connectivity index (χ1n) is 8.25. The first-order chi connectivity index (χ1) is 10.7. The Kier molecular flexibility index (Phi) is 7.09. The number of rotatable bonds is 7. The van der Waals surface area contributed by atoms with Crippen LogP contribution in [0.15, 0.2) is 12.4 Å². The summed E-state index contributed by atoms with van der Waals surface area (Å²) in [4.78, 5) is 16.2. The predicted molar refractivity (Wildman–Crippen MR) is 92.3 cm³/mol. The van der Waals surface area contributed by atoms with Crippen molar-refractivity contribution >= 4 is 17.8 Å². The van der Waals surface area contributed by atoms with E-state index in [0.717, 1.165) is 38.2 Å². The highest BCUT2D eigenvalue weighted by molar-refractivity contribution is 7.99. The van der Waals surface area contributed by atoms with E-state index in [9.17, 15) is 4.79 Å². The number of carbonyl (C=O) groups excluding carboxylic acids is 1. The maximum Gasteiger partial charge on any atom is 0.315 e. The van der Waals surface area contributed by atoms with Gasteiger partial charge in [-0.25, -0.2) is 9.78 Å². The van der Waals surface area contributed by atoms with E-state index in [-0.39, 0.29) is 6.03 Å². The average Bonchev–Trinajstić information content (AvgIpc) is 2.93. The van der Waals surface area contributed by atoms with Crippen LogP contribution in [0.25, 0.3) is 0 Å². The highest BCUT2D eigenvalue weighted by Gasteiger charge is 2.25. The Morgan fingerprint density at radius 2 is 2.23 bits per heavy atom. The fraction of sp³-hybridized carbons (Fsp3) is 0.750. The van der Waals surface area contributed by atoms with Gasteiger partial charge in [-0.3, -0.25) is 0 Å². The number of hydrogen-bond acceptors (Lipinski definition) is 3. The number of aromatic nitrogens is 2. The molecule has 0 saturated heterocycles. The van der Waals surface area contributed by atoms with Gasteiger partial charge in [-0.1, -0.05) is 12.8 Å². The molecule has 2 atom stereocenters. The molecule has 1 aliphatic rings. The molecular formula is C16H28N4OS. The minimum Gasteiger partial charge on any atom is -0.338 e. The van der Waals surface area contributed by atoms with Crippen LogP contribution >= 0.6 is 11.8 Å². The van der Waals surface area contributed by atoms with Crippen molar-refractivity contribution in [3.8, 4) is 0 Å². The van der Waals surface area contributed by atoms with E-state index in [0.29, 0.717) is 11.3 Å². The zero-order chi connectivity index (χ0) is 15.8. The molecule has 0 spiro atoms. The third kappa shape index (κ3) is 5.23. The number of nitrogens with zero attached hydrogens (tertiary/aromatic N) is 2. The third-order valence-corrected chi connectivity index (χ3v) is 5.53. The Morgan fingerprint density at radius 3 is 2.95 bits per heavy atom. The van der Waals surface area contributed by atoms with Gasteiger partial charge in [0.1, 0.15) is 5.82 Å². The number of imidazole rings is 1. The Hall–Kier alpha value is -1.17. The van der Waals surface area contributed by atoms with Crippen molar-refractivity contribution in [2.75, 3.05) is 12.8 Å². The predicted octanol–water partition coefficient (Wildman–Crippen LogP) is 2.95. The van der Waals surface area contributed by atoms with Crippen LogP contribution in [0.3, 0.4) is 0 Å². The molecular weight excluding hydrogens is 296 g/mol. The molecule has 2 amide bonds. The van der Waals surface area contributed by atoms with Gasteiger partial charge >= 0.3 is 6.03 Å². The van der Waals surface area contributed by atoms with Gasteiger partial charge in [-0.2, -0.15) is 11.8 Å². The van der Waals surface area contributed by atoms with Crippen LogP contribution in [0.5, 0.6) is 0 Å². The molecule has 0 bridgehead atoms. The van der Waals surface area contributed by atoms with Crippen molar-refractivity contribution in [1.82, 2.24) is 20.2 Å². The highest BCUT2D eigenvalue weighted by Crippen LogP contribution is 2.26. The lowest BCUT2D eigenvalue weighted by atomic mass is 9.95. The highest BCUT2D eigenvalue weighted by atomic mass is 32.2. The van der Waals surface area contributed by atoms with Crippen LogP contribution in [0, 0.1) is 6.92 Å². The van der Waals surface area contributed by atoms with Crippen LogP contribution < -0.4 is 10.6 Å². The van der Waals surface area contributed by atoms with Gasteiger partial charge in [-0.05, 0) is 38.9 Å². The number of nitrogens with one attached hydrogen (secondary N) is 2. The van der Waals surface area contributed by atoms with Crippen LogP contribution in [-0.4, -0.2) is 39.7 Å². The number of urea groups is 1. The molecule has 0 aromatic carbocycles. The van der Waals surface area contributed by atoms with Crippen molar-refractivity contribution in [3.63, 3.8) is 0 Å². The van der Waals surface area contributed by atoms with Crippen molar-refractivity contribution < 1.29 is 4.79 Å². The first kappa shape index (κ1) is 17.2. The van der Waals surface area contributed by atoms with Crippen molar-refractivity contribution in [2.45, 2.75) is 63.3 Å². The van der Waals surface area contributed by atoms with Gasteiger partial charge in [-0.15, -0.1) is 0 Å². The normalized spacial score (nSPS) is 21.5. The molecule has 0 unspecified atom stereocenters. The monoisotopic (exact) mass is 324 g/mol. The number of aryl methyl sites for hydroxylation is 2. The van der Waals surface area contributed by atoms with Gasteiger partial charge in [0.05, 0.1) is 0 Å². The molecule has 6 heteroatoms. The van der Waals surface area contributed by atoms with E-state index < -0.39 is 0 Å². The summed E-state index contributed by atoms with van der Waals surface area (Å²) in [5.41, 5.74) is 0. The van der Waals surface area contributed by atoms with Crippen LogP contribution in [0.2, 0.25) is 0 Å². The Labute approximate surface area is 137 Å². The van der Waals surface area contributed by atoms with Gasteiger partial charge in [0.2, 0.25) is 0 Å². The largest absolute Gasteiger partial charge is 0.338 e. The second-order valence-electron chi connectivity index (χ2n) is 5.94. The number of hydrogen-bond donors (Lipinski definition) is 2. The van der Waals surface area contributed by atoms with E-state index in [2.05, 4.69) is 26.4 Å². The fourth-order valence-corrected chi connectivity index (χ4v) is 3.95. The lowest BCUT2D eigenvalue weighted by molar-refractivity contribution is 0.233. The topological polar surface area (TPSA) is 59.0 Å². The summed E-state index contributed by atoms with van der Waals surface area (Å²) in [6.45, 7) is 3.71. The number of carbonyl (C=O) groups is 1. The summed E-state index contributed by atoms with van der Waals surface area (Å²) in [6, 6.07) is 0.321. The average molecular weight is 324 g/mol. The second kappa shape index (κ2) is 9.08. The molecule has 1 fully saturated rings. The van der Waals surface area contributed by atoms with E-state index in [1.165, 1.54) is 19.3 Å². The van der Waals surface area contributed by atoms with Crippen LogP contribution in [0.1, 0.15) is 44.3 Å². The lowest BCUT2D eigenvalue weighted by Gasteiger charge is -2.30. The summed E-state index contributed by atoms with van der Waals surface area (Å²) < 4.78 is 2.14.